The van der Waals surface area contributed by atoms with Crippen LogP contribution < -0.4 is 5.32 Å². The summed E-state index contributed by atoms with van der Waals surface area (Å²) in [6, 6.07) is 25.6. The lowest BCUT2D eigenvalue weighted by atomic mass is 10.00. The van der Waals surface area contributed by atoms with E-state index < -0.39 is 12.0 Å². The van der Waals surface area contributed by atoms with Crippen LogP contribution in [-0.4, -0.2) is 35.8 Å². The lowest BCUT2D eigenvalue weighted by molar-refractivity contribution is -0.152. The SMILES string of the molecule is O=C(CC(NC(=O)c1ccccc1)c1ccccc1)OCC(=O)N1CCc2ccccc2C1. The molecule has 1 heterocycles. The maximum atomic E-state index is 12.7. The molecule has 1 atom stereocenters. The predicted molar refractivity (Wildman–Crippen MR) is 124 cm³/mol. The van der Waals surface area contributed by atoms with E-state index >= 15 is 0 Å². The Bertz CT molecular complexity index is 1120. The first-order chi connectivity index (χ1) is 16.1. The molecule has 0 bridgehead atoms. The van der Waals surface area contributed by atoms with Crippen molar-refractivity contribution in [3.05, 3.63) is 107 Å². The zero-order chi connectivity index (χ0) is 23.0. The van der Waals surface area contributed by atoms with Crippen molar-refractivity contribution in [2.75, 3.05) is 13.2 Å². The van der Waals surface area contributed by atoms with E-state index in [1.807, 2.05) is 54.6 Å². The lowest BCUT2D eigenvalue weighted by Gasteiger charge is -2.28. The second kappa shape index (κ2) is 10.6. The molecule has 0 aliphatic carbocycles. The number of hydrogen-bond acceptors (Lipinski definition) is 4. The first kappa shape index (κ1) is 22.3. The number of amides is 2. The molecule has 0 saturated heterocycles. The summed E-state index contributed by atoms with van der Waals surface area (Å²) >= 11 is 0. The van der Waals surface area contributed by atoms with Gasteiger partial charge in [0.15, 0.2) is 6.61 Å². The Balaban J connectivity index is 1.35. The molecule has 1 N–H and O–H groups in total. The number of fused-ring (bicyclic) bond motifs is 1. The van der Waals surface area contributed by atoms with Crippen LogP contribution in [0, 0.1) is 0 Å². The molecule has 3 aromatic rings. The quantitative estimate of drug-likeness (QED) is 0.567. The molecular weight excluding hydrogens is 416 g/mol. The summed E-state index contributed by atoms with van der Waals surface area (Å²) in [5.41, 5.74) is 3.67. The summed E-state index contributed by atoms with van der Waals surface area (Å²) in [5, 5.41) is 2.91. The average molecular weight is 443 g/mol. The molecule has 6 nitrogen and oxygen atoms in total. The predicted octanol–water partition coefficient (Wildman–Crippen LogP) is 3.68. The summed E-state index contributed by atoms with van der Waals surface area (Å²) in [6.45, 7) is 0.814. The fourth-order valence-electron chi connectivity index (χ4n) is 3.94. The van der Waals surface area contributed by atoms with E-state index in [9.17, 15) is 14.4 Å². The van der Waals surface area contributed by atoms with Crippen LogP contribution in [0.25, 0.3) is 0 Å². The summed E-state index contributed by atoms with van der Waals surface area (Å²) in [5.74, 6) is -1.04. The van der Waals surface area contributed by atoms with Crippen LogP contribution in [-0.2, 0) is 27.3 Å². The maximum absolute atomic E-state index is 12.7. The van der Waals surface area contributed by atoms with Crippen molar-refractivity contribution in [3.63, 3.8) is 0 Å². The Morgan fingerprint density at radius 1 is 0.848 bits per heavy atom. The Labute approximate surface area is 193 Å². The minimum Gasteiger partial charge on any atom is -0.455 e. The number of rotatable bonds is 7. The van der Waals surface area contributed by atoms with Gasteiger partial charge in [-0.3, -0.25) is 14.4 Å². The molecule has 0 aromatic heterocycles. The minimum absolute atomic E-state index is 0.0707. The fourth-order valence-corrected chi connectivity index (χ4v) is 3.94. The number of benzene rings is 3. The van der Waals surface area contributed by atoms with Gasteiger partial charge in [-0.2, -0.15) is 0 Å². The highest BCUT2D eigenvalue weighted by Crippen LogP contribution is 2.20. The molecule has 1 aliphatic rings. The van der Waals surface area contributed by atoms with Crippen molar-refractivity contribution in [1.29, 1.82) is 0 Å². The fraction of sp³-hybridized carbons (Fsp3) is 0.222. The van der Waals surface area contributed by atoms with Crippen molar-refractivity contribution in [3.8, 4) is 0 Å². The Morgan fingerprint density at radius 2 is 1.48 bits per heavy atom. The summed E-state index contributed by atoms with van der Waals surface area (Å²) < 4.78 is 5.30. The number of carbonyl (C=O) groups excluding carboxylic acids is 3. The van der Waals surface area contributed by atoms with Crippen molar-refractivity contribution in [2.45, 2.75) is 25.4 Å². The van der Waals surface area contributed by atoms with Gasteiger partial charge in [-0.15, -0.1) is 0 Å². The van der Waals surface area contributed by atoms with Crippen molar-refractivity contribution < 1.29 is 19.1 Å². The van der Waals surface area contributed by atoms with Crippen molar-refractivity contribution in [1.82, 2.24) is 10.2 Å². The van der Waals surface area contributed by atoms with Gasteiger partial charge in [0.1, 0.15) is 0 Å². The number of nitrogens with zero attached hydrogens (tertiary/aromatic N) is 1. The normalized spacial score (nSPS) is 13.5. The van der Waals surface area contributed by atoms with Crippen LogP contribution in [0.3, 0.4) is 0 Å². The van der Waals surface area contributed by atoms with E-state index in [4.69, 9.17) is 4.74 Å². The molecule has 6 heteroatoms. The molecule has 0 saturated carbocycles. The van der Waals surface area contributed by atoms with Crippen LogP contribution >= 0.6 is 0 Å². The van der Waals surface area contributed by atoms with Crippen LogP contribution in [0.15, 0.2) is 84.9 Å². The molecule has 4 rings (SSSR count). The first-order valence-electron chi connectivity index (χ1n) is 11.0. The highest BCUT2D eigenvalue weighted by molar-refractivity contribution is 5.94. The zero-order valence-electron chi connectivity index (χ0n) is 18.3. The van der Waals surface area contributed by atoms with Gasteiger partial charge in [0.2, 0.25) is 0 Å². The third-order valence-corrected chi connectivity index (χ3v) is 5.75. The van der Waals surface area contributed by atoms with Gasteiger partial charge in [0.25, 0.3) is 11.8 Å². The van der Waals surface area contributed by atoms with Crippen LogP contribution in [0.5, 0.6) is 0 Å². The smallest absolute Gasteiger partial charge is 0.308 e. The molecule has 2 amide bonds. The molecule has 0 spiro atoms. The van der Waals surface area contributed by atoms with Gasteiger partial charge in [-0.25, -0.2) is 0 Å². The molecular formula is C27H26N2O4. The lowest BCUT2D eigenvalue weighted by Crippen LogP contribution is -2.39. The van der Waals surface area contributed by atoms with E-state index in [0.717, 1.165) is 17.5 Å². The summed E-state index contributed by atoms with van der Waals surface area (Å²) in [4.78, 5) is 39.6. The van der Waals surface area contributed by atoms with Crippen LogP contribution in [0.4, 0.5) is 0 Å². The molecule has 3 aromatic carbocycles. The topological polar surface area (TPSA) is 75.7 Å². The summed E-state index contributed by atoms with van der Waals surface area (Å²) in [6.07, 6.45) is 0.718. The minimum atomic E-state index is -0.566. The van der Waals surface area contributed by atoms with Crippen molar-refractivity contribution in [2.24, 2.45) is 0 Å². The van der Waals surface area contributed by atoms with Crippen molar-refractivity contribution >= 4 is 17.8 Å². The highest BCUT2D eigenvalue weighted by atomic mass is 16.5. The van der Waals surface area contributed by atoms with Crippen LogP contribution in [0.2, 0.25) is 0 Å². The van der Waals surface area contributed by atoms with Crippen LogP contribution in [0.1, 0.15) is 39.5 Å². The molecule has 168 valence electrons. The largest absolute Gasteiger partial charge is 0.455 e. The van der Waals surface area contributed by atoms with E-state index in [1.54, 1.807) is 29.2 Å². The number of nitrogens with one attached hydrogen (secondary N) is 1. The zero-order valence-corrected chi connectivity index (χ0v) is 18.3. The monoisotopic (exact) mass is 442 g/mol. The maximum Gasteiger partial charge on any atom is 0.308 e. The second-order valence-corrected chi connectivity index (χ2v) is 8.00. The molecule has 0 radical (unpaired) electrons. The third-order valence-electron chi connectivity index (χ3n) is 5.75. The second-order valence-electron chi connectivity index (χ2n) is 8.00. The van der Waals surface area contributed by atoms with Gasteiger partial charge in [-0.1, -0.05) is 72.8 Å². The first-order valence-corrected chi connectivity index (χ1v) is 11.0. The number of esters is 1. The Kier molecular flexibility index (Phi) is 7.15. The molecule has 1 unspecified atom stereocenters. The standard InChI is InChI=1S/C27H26N2O4/c30-25(29-16-15-20-9-7-8-14-23(20)18-29)19-33-26(31)17-24(21-10-3-1-4-11-21)28-27(32)22-12-5-2-6-13-22/h1-14,24H,15-19H2,(H,28,32). The number of ether oxygens (including phenoxy) is 1. The molecule has 33 heavy (non-hydrogen) atoms. The van der Waals surface area contributed by atoms with E-state index in [-0.39, 0.29) is 24.8 Å². The molecule has 0 fully saturated rings. The Morgan fingerprint density at radius 3 is 2.21 bits per heavy atom. The highest BCUT2D eigenvalue weighted by Gasteiger charge is 2.23. The Hall–Kier alpha value is -3.93. The average Bonchev–Trinajstić information content (AvgIpc) is 2.87. The van der Waals surface area contributed by atoms with Gasteiger partial charge >= 0.3 is 5.97 Å². The third kappa shape index (κ3) is 5.86. The number of hydrogen-bond donors (Lipinski definition) is 1. The van der Waals surface area contributed by atoms with Gasteiger partial charge < -0.3 is 15.0 Å². The van der Waals surface area contributed by atoms with E-state index in [2.05, 4.69) is 11.4 Å². The van der Waals surface area contributed by atoms with E-state index in [0.29, 0.717) is 18.7 Å². The summed E-state index contributed by atoms with van der Waals surface area (Å²) in [7, 11) is 0. The van der Waals surface area contributed by atoms with Gasteiger partial charge in [-0.05, 0) is 35.2 Å². The van der Waals surface area contributed by atoms with Gasteiger partial charge in [0.05, 0.1) is 12.5 Å². The number of carbonyl (C=O) groups is 3. The van der Waals surface area contributed by atoms with E-state index in [1.165, 1.54) is 5.56 Å². The van der Waals surface area contributed by atoms with Gasteiger partial charge in [0, 0.05) is 18.7 Å². The molecule has 1 aliphatic heterocycles.